The molecule has 0 saturated carbocycles. The first kappa shape index (κ1) is 27.1. The second-order valence-corrected chi connectivity index (χ2v) is 10.0. The van der Waals surface area contributed by atoms with E-state index in [-0.39, 0.29) is 38.8 Å². The highest BCUT2D eigenvalue weighted by Gasteiger charge is 2.35. The van der Waals surface area contributed by atoms with Crippen molar-refractivity contribution in [3.8, 4) is 16.9 Å². The summed E-state index contributed by atoms with van der Waals surface area (Å²) in [6.45, 7) is 1.65. The number of thiophene rings is 1. The van der Waals surface area contributed by atoms with Crippen molar-refractivity contribution in [2.45, 2.75) is 19.8 Å². The van der Waals surface area contributed by atoms with Crippen LogP contribution in [0.2, 0.25) is 5.02 Å². The van der Waals surface area contributed by atoms with E-state index in [4.69, 9.17) is 22.1 Å². The van der Waals surface area contributed by atoms with E-state index in [9.17, 15) is 22.8 Å². The summed E-state index contributed by atoms with van der Waals surface area (Å²) in [4.78, 5) is 29.0. The summed E-state index contributed by atoms with van der Waals surface area (Å²) in [7, 11) is 1.64. The number of fused-ring (bicyclic) bond motifs is 1. The number of ether oxygens (including phenoxy) is 1. The average molecular weight is 590 g/mol. The van der Waals surface area contributed by atoms with Crippen LogP contribution in [0.3, 0.4) is 0 Å². The maximum Gasteiger partial charge on any atom is 0.433 e. The van der Waals surface area contributed by atoms with Gasteiger partial charge in [0.2, 0.25) is 0 Å². The molecule has 0 fully saturated rings. The number of halogens is 4. The molecule has 5 rings (SSSR count). The maximum atomic E-state index is 13.7. The molecule has 1 aromatic carbocycles. The smallest absolute Gasteiger partial charge is 0.433 e. The van der Waals surface area contributed by atoms with Crippen LogP contribution in [0, 0.1) is 6.92 Å². The number of rotatable bonds is 7. The Morgan fingerprint density at radius 3 is 2.62 bits per heavy atom. The number of carbonyl (C=O) groups is 2. The van der Waals surface area contributed by atoms with Gasteiger partial charge in [0.05, 0.1) is 11.9 Å². The van der Waals surface area contributed by atoms with Gasteiger partial charge >= 0.3 is 6.18 Å². The topological polar surface area (TPSA) is 130 Å². The zero-order valence-corrected chi connectivity index (χ0v) is 22.4. The van der Waals surface area contributed by atoms with Crippen LogP contribution < -0.4 is 15.8 Å². The quantitative estimate of drug-likeness (QED) is 0.266. The van der Waals surface area contributed by atoms with E-state index in [1.54, 1.807) is 38.2 Å². The summed E-state index contributed by atoms with van der Waals surface area (Å²) in [5, 5.41) is 11.5. The van der Waals surface area contributed by atoms with Crippen molar-refractivity contribution in [1.29, 1.82) is 0 Å². The highest BCUT2D eigenvalue weighted by molar-refractivity contribution is 7.21. The first-order valence-electron chi connectivity index (χ1n) is 11.5. The summed E-state index contributed by atoms with van der Waals surface area (Å²) in [6, 6.07) is 9.01. The fraction of sp³-hybridized carbons (Fsp3) is 0.160. The second kappa shape index (κ2) is 10.3. The Labute approximate surface area is 233 Å². The number of carbonyl (C=O) groups excluding carboxylic acids is 2. The summed E-state index contributed by atoms with van der Waals surface area (Å²) < 4.78 is 49.7. The lowest BCUT2D eigenvalue weighted by Gasteiger charge is -2.12. The van der Waals surface area contributed by atoms with Gasteiger partial charge in [-0.1, -0.05) is 17.7 Å². The summed E-state index contributed by atoms with van der Waals surface area (Å²) >= 11 is 6.60. The van der Waals surface area contributed by atoms with Gasteiger partial charge in [0.1, 0.15) is 21.2 Å². The van der Waals surface area contributed by atoms with Crippen LogP contribution in [-0.2, 0) is 20.0 Å². The van der Waals surface area contributed by atoms with Crippen LogP contribution in [0.5, 0.6) is 5.75 Å². The standard InChI is InChI=1S/C25H19ClF3N7O3S/c1-12-16(10-31-35(12)2)15-9-18(25(27,28)29)32-24-19(15)20(21(40-24)22(30)37)33-23(38)17-6-7-36(34-17)11-39-14-5-3-4-13(26)8-14/h3-10H,11H2,1-2H3,(H2,30,37)(H,33,38). The van der Waals surface area contributed by atoms with Crippen molar-refractivity contribution in [1.82, 2.24) is 24.5 Å². The highest BCUT2D eigenvalue weighted by atomic mass is 35.5. The lowest BCUT2D eigenvalue weighted by atomic mass is 10.0. The van der Waals surface area contributed by atoms with E-state index in [2.05, 4.69) is 20.5 Å². The summed E-state index contributed by atoms with van der Waals surface area (Å²) in [5.41, 5.74) is 5.30. The normalized spacial score (nSPS) is 11.7. The monoisotopic (exact) mass is 589 g/mol. The molecule has 0 aliphatic rings. The van der Waals surface area contributed by atoms with Gasteiger partial charge in [0.25, 0.3) is 11.8 Å². The number of aryl methyl sites for hydroxylation is 1. The number of anilines is 1. The molecule has 0 saturated heterocycles. The molecule has 206 valence electrons. The van der Waals surface area contributed by atoms with Crippen LogP contribution >= 0.6 is 22.9 Å². The Morgan fingerprint density at radius 1 is 1.20 bits per heavy atom. The van der Waals surface area contributed by atoms with Crippen molar-refractivity contribution in [3.05, 3.63) is 75.8 Å². The fourth-order valence-corrected chi connectivity index (χ4v) is 5.13. The molecule has 40 heavy (non-hydrogen) atoms. The van der Waals surface area contributed by atoms with Crippen molar-refractivity contribution in [3.63, 3.8) is 0 Å². The third kappa shape index (κ3) is 5.22. The number of alkyl halides is 3. The van der Waals surface area contributed by atoms with Crippen molar-refractivity contribution in [2.24, 2.45) is 12.8 Å². The lowest BCUT2D eigenvalue weighted by Crippen LogP contribution is -2.18. The lowest BCUT2D eigenvalue weighted by molar-refractivity contribution is -0.140. The van der Waals surface area contributed by atoms with Crippen LogP contribution in [0.25, 0.3) is 21.3 Å². The van der Waals surface area contributed by atoms with Gasteiger partial charge in [-0.05, 0) is 42.8 Å². The number of amides is 2. The van der Waals surface area contributed by atoms with E-state index in [0.29, 0.717) is 33.4 Å². The Kier molecular flexibility index (Phi) is 6.98. The molecule has 5 aromatic rings. The van der Waals surface area contributed by atoms with Gasteiger partial charge in [-0.25, -0.2) is 9.67 Å². The van der Waals surface area contributed by atoms with Crippen molar-refractivity contribution in [2.75, 3.05) is 5.32 Å². The first-order valence-corrected chi connectivity index (χ1v) is 12.7. The molecule has 2 amide bonds. The molecule has 0 spiro atoms. The van der Waals surface area contributed by atoms with E-state index in [0.717, 1.165) is 6.07 Å². The van der Waals surface area contributed by atoms with E-state index < -0.39 is 23.7 Å². The van der Waals surface area contributed by atoms with Gasteiger partial charge in [-0.3, -0.25) is 14.3 Å². The average Bonchev–Trinajstić information content (AvgIpc) is 3.60. The predicted molar refractivity (Wildman–Crippen MR) is 142 cm³/mol. The summed E-state index contributed by atoms with van der Waals surface area (Å²) in [6.07, 6.45) is -1.86. The number of benzene rings is 1. The van der Waals surface area contributed by atoms with Gasteiger partial charge in [0.15, 0.2) is 12.4 Å². The number of nitrogens with zero attached hydrogens (tertiary/aromatic N) is 5. The van der Waals surface area contributed by atoms with E-state index in [1.165, 1.54) is 27.8 Å². The minimum absolute atomic E-state index is 0.0316. The van der Waals surface area contributed by atoms with Gasteiger partial charge < -0.3 is 15.8 Å². The SMILES string of the molecule is Cc1c(-c2cc(C(F)(F)F)nc3sc(C(N)=O)c(NC(=O)c4ccn(COc5cccc(Cl)c5)n4)c23)cnn1C. The Hall–Kier alpha value is -4.43. The molecule has 10 nitrogen and oxygen atoms in total. The Morgan fingerprint density at radius 2 is 1.98 bits per heavy atom. The van der Waals surface area contributed by atoms with Gasteiger partial charge in [-0.2, -0.15) is 23.4 Å². The molecule has 0 bridgehead atoms. The minimum Gasteiger partial charge on any atom is -0.471 e. The molecule has 4 aromatic heterocycles. The number of hydrogen-bond donors (Lipinski definition) is 2. The second-order valence-electron chi connectivity index (χ2n) is 8.60. The first-order chi connectivity index (χ1) is 18.9. The molecule has 0 radical (unpaired) electrons. The molecule has 0 aliphatic heterocycles. The molecule has 15 heteroatoms. The molecule has 0 aliphatic carbocycles. The molecular formula is C25H19ClF3N7O3S. The van der Waals surface area contributed by atoms with Gasteiger partial charge in [-0.15, -0.1) is 11.3 Å². The zero-order valence-electron chi connectivity index (χ0n) is 20.8. The fourth-order valence-electron chi connectivity index (χ4n) is 3.94. The molecular weight excluding hydrogens is 571 g/mol. The summed E-state index contributed by atoms with van der Waals surface area (Å²) in [5.74, 6) is -1.17. The number of primary amides is 1. The Bertz CT molecular complexity index is 1780. The van der Waals surface area contributed by atoms with Crippen LogP contribution in [0.1, 0.15) is 31.5 Å². The maximum absolute atomic E-state index is 13.7. The number of pyridine rings is 1. The highest BCUT2D eigenvalue weighted by Crippen LogP contribution is 2.44. The van der Waals surface area contributed by atoms with Crippen LogP contribution in [-0.4, -0.2) is 36.4 Å². The number of hydrogen-bond acceptors (Lipinski definition) is 7. The third-order valence-corrected chi connectivity index (χ3v) is 7.31. The van der Waals surface area contributed by atoms with Crippen LogP contribution in [0.15, 0.2) is 48.8 Å². The minimum atomic E-state index is -4.76. The third-order valence-electron chi connectivity index (χ3n) is 5.97. The van der Waals surface area contributed by atoms with Crippen molar-refractivity contribution >= 4 is 50.7 Å². The van der Waals surface area contributed by atoms with E-state index >= 15 is 0 Å². The van der Waals surface area contributed by atoms with Crippen LogP contribution in [0.4, 0.5) is 18.9 Å². The Balaban J connectivity index is 1.53. The number of nitrogens with one attached hydrogen (secondary N) is 1. The predicted octanol–water partition coefficient (Wildman–Crippen LogP) is 5.26. The molecule has 4 heterocycles. The van der Waals surface area contributed by atoms with E-state index in [1.807, 2.05) is 0 Å². The molecule has 3 N–H and O–H groups in total. The molecule has 0 unspecified atom stereocenters. The number of nitrogens with two attached hydrogens (primary N) is 1. The van der Waals surface area contributed by atoms with Gasteiger partial charge in [0, 0.05) is 34.9 Å². The zero-order chi connectivity index (χ0) is 28.8. The largest absolute Gasteiger partial charge is 0.471 e. The molecule has 0 atom stereocenters. The van der Waals surface area contributed by atoms with Crippen molar-refractivity contribution < 1.29 is 27.5 Å². The number of aromatic nitrogens is 5.